The summed E-state index contributed by atoms with van der Waals surface area (Å²) in [6.45, 7) is 2.89. The van der Waals surface area contributed by atoms with Crippen molar-refractivity contribution in [3.05, 3.63) is 41.9 Å². The molecule has 0 aliphatic heterocycles. The van der Waals surface area contributed by atoms with Crippen LogP contribution in [-0.2, 0) is 13.0 Å². The summed E-state index contributed by atoms with van der Waals surface area (Å²) in [4.78, 5) is 13.1. The largest absolute Gasteiger partial charge is 0.316 e. The van der Waals surface area contributed by atoms with Gasteiger partial charge in [-0.2, -0.15) is 0 Å². The molecule has 4 heteroatoms. The third kappa shape index (κ3) is 2.65. The second kappa shape index (κ2) is 5.50. The van der Waals surface area contributed by atoms with Gasteiger partial charge in [0, 0.05) is 30.7 Å². The Morgan fingerprint density at radius 3 is 2.59 bits per heavy atom. The Hall–Kier alpha value is -1.81. The van der Waals surface area contributed by atoms with Gasteiger partial charge in [-0.05, 0) is 25.1 Å². The van der Waals surface area contributed by atoms with Gasteiger partial charge in [-0.3, -0.25) is 4.98 Å². The van der Waals surface area contributed by atoms with Crippen molar-refractivity contribution in [2.24, 2.45) is 0 Å². The normalized spacial score (nSPS) is 10.5. The van der Waals surface area contributed by atoms with Crippen LogP contribution in [0.25, 0.3) is 11.5 Å². The second-order valence-electron chi connectivity index (χ2n) is 3.81. The summed E-state index contributed by atoms with van der Waals surface area (Å²) < 4.78 is 0. The van der Waals surface area contributed by atoms with Gasteiger partial charge in [0.2, 0.25) is 0 Å². The van der Waals surface area contributed by atoms with Crippen molar-refractivity contribution >= 4 is 0 Å². The minimum Gasteiger partial charge on any atom is -0.316 e. The zero-order valence-corrected chi connectivity index (χ0v) is 10.1. The standard InChI is InChI=1S/C13H16N4/c1-3-11-5-4-6-15-12(11)13-16-8-10(7-14-2)9-17-13/h4-6,8-9,14H,3,7H2,1-2H3. The third-order valence-corrected chi connectivity index (χ3v) is 2.57. The van der Waals surface area contributed by atoms with Gasteiger partial charge in [-0.25, -0.2) is 9.97 Å². The van der Waals surface area contributed by atoms with Crippen molar-refractivity contribution in [1.82, 2.24) is 20.3 Å². The SMILES string of the molecule is CCc1cccnc1-c1ncc(CNC)cn1. The van der Waals surface area contributed by atoms with E-state index < -0.39 is 0 Å². The highest BCUT2D eigenvalue weighted by Crippen LogP contribution is 2.17. The van der Waals surface area contributed by atoms with E-state index in [-0.39, 0.29) is 0 Å². The molecule has 2 aromatic rings. The maximum Gasteiger partial charge on any atom is 0.178 e. The summed E-state index contributed by atoms with van der Waals surface area (Å²) >= 11 is 0. The molecule has 0 aromatic carbocycles. The minimum atomic E-state index is 0.697. The molecular formula is C13H16N4. The molecule has 0 bridgehead atoms. The Morgan fingerprint density at radius 2 is 1.94 bits per heavy atom. The van der Waals surface area contributed by atoms with E-state index in [0.29, 0.717) is 5.82 Å². The Labute approximate surface area is 101 Å². The zero-order valence-electron chi connectivity index (χ0n) is 10.1. The van der Waals surface area contributed by atoms with E-state index >= 15 is 0 Å². The van der Waals surface area contributed by atoms with Crippen LogP contribution >= 0.6 is 0 Å². The number of nitrogens with zero attached hydrogens (tertiary/aromatic N) is 3. The summed E-state index contributed by atoms with van der Waals surface area (Å²) in [5.41, 5.74) is 3.13. The van der Waals surface area contributed by atoms with Crippen molar-refractivity contribution in [3.63, 3.8) is 0 Å². The lowest BCUT2D eigenvalue weighted by atomic mass is 10.1. The van der Waals surface area contributed by atoms with Crippen LogP contribution in [0.2, 0.25) is 0 Å². The Kier molecular flexibility index (Phi) is 3.77. The molecule has 4 nitrogen and oxygen atoms in total. The topological polar surface area (TPSA) is 50.7 Å². The molecule has 2 heterocycles. The van der Waals surface area contributed by atoms with E-state index in [1.54, 1.807) is 6.20 Å². The smallest absolute Gasteiger partial charge is 0.178 e. The lowest BCUT2D eigenvalue weighted by Crippen LogP contribution is -2.06. The van der Waals surface area contributed by atoms with Gasteiger partial charge in [0.05, 0.1) is 0 Å². The molecule has 0 fully saturated rings. The number of nitrogens with one attached hydrogen (secondary N) is 1. The second-order valence-corrected chi connectivity index (χ2v) is 3.81. The van der Waals surface area contributed by atoms with Crippen molar-refractivity contribution in [2.75, 3.05) is 7.05 Å². The molecule has 17 heavy (non-hydrogen) atoms. The van der Waals surface area contributed by atoms with Crippen LogP contribution in [0.4, 0.5) is 0 Å². The number of hydrogen-bond donors (Lipinski definition) is 1. The van der Waals surface area contributed by atoms with E-state index in [0.717, 1.165) is 24.2 Å². The molecule has 0 saturated heterocycles. The predicted molar refractivity (Wildman–Crippen MR) is 67.4 cm³/mol. The molecular weight excluding hydrogens is 212 g/mol. The lowest BCUT2D eigenvalue weighted by Gasteiger charge is -2.05. The molecule has 2 rings (SSSR count). The highest BCUT2D eigenvalue weighted by atomic mass is 14.9. The molecule has 0 saturated carbocycles. The summed E-state index contributed by atoms with van der Waals surface area (Å²) in [5.74, 6) is 0.697. The van der Waals surface area contributed by atoms with E-state index in [9.17, 15) is 0 Å². The van der Waals surface area contributed by atoms with E-state index in [1.807, 2.05) is 25.5 Å². The molecule has 0 spiro atoms. The lowest BCUT2D eigenvalue weighted by molar-refractivity contribution is 0.807. The first kappa shape index (κ1) is 11.7. The van der Waals surface area contributed by atoms with E-state index in [1.165, 1.54) is 5.56 Å². The van der Waals surface area contributed by atoms with Crippen LogP contribution in [0.5, 0.6) is 0 Å². The Bertz CT molecular complexity index is 479. The van der Waals surface area contributed by atoms with Crippen LogP contribution in [0.1, 0.15) is 18.1 Å². The molecule has 0 unspecified atom stereocenters. The van der Waals surface area contributed by atoms with E-state index in [4.69, 9.17) is 0 Å². The predicted octanol–water partition coefficient (Wildman–Crippen LogP) is 1.82. The average molecular weight is 228 g/mol. The fourth-order valence-electron chi connectivity index (χ4n) is 1.70. The average Bonchev–Trinajstić information content (AvgIpc) is 2.40. The number of aryl methyl sites for hydroxylation is 1. The van der Waals surface area contributed by atoms with Crippen LogP contribution in [0.3, 0.4) is 0 Å². The number of pyridine rings is 1. The highest BCUT2D eigenvalue weighted by Gasteiger charge is 2.07. The molecule has 0 amide bonds. The van der Waals surface area contributed by atoms with Gasteiger partial charge in [-0.15, -0.1) is 0 Å². The first-order chi connectivity index (χ1) is 8.35. The van der Waals surface area contributed by atoms with Gasteiger partial charge in [-0.1, -0.05) is 13.0 Å². The molecule has 0 aliphatic carbocycles. The molecule has 1 N–H and O–H groups in total. The third-order valence-electron chi connectivity index (χ3n) is 2.57. The van der Waals surface area contributed by atoms with Crippen LogP contribution in [0, 0.1) is 0 Å². The van der Waals surface area contributed by atoms with Gasteiger partial charge in [0.25, 0.3) is 0 Å². The van der Waals surface area contributed by atoms with Crippen molar-refractivity contribution in [3.8, 4) is 11.5 Å². The summed E-state index contributed by atoms with van der Waals surface area (Å²) in [5, 5.41) is 3.07. The molecule has 0 radical (unpaired) electrons. The number of aromatic nitrogens is 3. The fraction of sp³-hybridized carbons (Fsp3) is 0.308. The van der Waals surface area contributed by atoms with Gasteiger partial charge in [0.15, 0.2) is 5.82 Å². The van der Waals surface area contributed by atoms with Crippen molar-refractivity contribution in [2.45, 2.75) is 19.9 Å². The number of rotatable bonds is 4. The first-order valence-corrected chi connectivity index (χ1v) is 5.75. The Morgan fingerprint density at radius 1 is 1.18 bits per heavy atom. The van der Waals surface area contributed by atoms with E-state index in [2.05, 4.69) is 33.3 Å². The minimum absolute atomic E-state index is 0.697. The van der Waals surface area contributed by atoms with Crippen LogP contribution in [-0.4, -0.2) is 22.0 Å². The molecule has 0 aliphatic rings. The van der Waals surface area contributed by atoms with Crippen LogP contribution < -0.4 is 5.32 Å². The van der Waals surface area contributed by atoms with Gasteiger partial charge >= 0.3 is 0 Å². The zero-order chi connectivity index (χ0) is 12.1. The van der Waals surface area contributed by atoms with Crippen LogP contribution in [0.15, 0.2) is 30.7 Å². The van der Waals surface area contributed by atoms with Crippen molar-refractivity contribution in [1.29, 1.82) is 0 Å². The quantitative estimate of drug-likeness (QED) is 0.867. The molecule has 88 valence electrons. The van der Waals surface area contributed by atoms with Gasteiger partial charge < -0.3 is 5.32 Å². The molecule has 0 atom stereocenters. The van der Waals surface area contributed by atoms with Gasteiger partial charge in [0.1, 0.15) is 5.69 Å². The fourth-order valence-corrected chi connectivity index (χ4v) is 1.70. The first-order valence-electron chi connectivity index (χ1n) is 5.75. The molecule has 2 aromatic heterocycles. The summed E-state index contributed by atoms with van der Waals surface area (Å²) in [6, 6.07) is 4.00. The summed E-state index contributed by atoms with van der Waals surface area (Å²) in [7, 11) is 1.90. The summed E-state index contributed by atoms with van der Waals surface area (Å²) in [6.07, 6.45) is 6.39. The maximum absolute atomic E-state index is 4.36. The Balaban J connectivity index is 2.33. The highest BCUT2D eigenvalue weighted by molar-refractivity contribution is 5.54. The maximum atomic E-state index is 4.36. The number of hydrogen-bond acceptors (Lipinski definition) is 4. The monoisotopic (exact) mass is 228 g/mol. The van der Waals surface area contributed by atoms with Crippen molar-refractivity contribution < 1.29 is 0 Å².